The van der Waals surface area contributed by atoms with Crippen molar-refractivity contribution >= 4 is 32.2 Å². The number of para-hydroxylation sites is 2. The lowest BCUT2D eigenvalue weighted by molar-refractivity contribution is 0.304. The third kappa shape index (κ3) is 3.85. The van der Waals surface area contributed by atoms with E-state index >= 15 is 0 Å². The van der Waals surface area contributed by atoms with Gasteiger partial charge in [0.1, 0.15) is 11.6 Å². The third-order valence-corrected chi connectivity index (χ3v) is 5.85. The highest BCUT2D eigenvalue weighted by Crippen LogP contribution is 2.30. The van der Waals surface area contributed by atoms with E-state index in [2.05, 4.69) is 41.2 Å². The van der Waals surface area contributed by atoms with Crippen molar-refractivity contribution in [1.82, 2.24) is 19.1 Å². The first-order valence-electron chi connectivity index (χ1n) is 10.0. The number of rotatable bonds is 7. The predicted octanol–water partition coefficient (Wildman–Crippen LogP) is 3.83. The fraction of sp³-hybridized carbons (Fsp3) is 0.364. The smallest absolute Gasteiger partial charge is 0.264 e. The van der Waals surface area contributed by atoms with Crippen LogP contribution in [0.15, 0.2) is 36.4 Å². The zero-order valence-electron chi connectivity index (χ0n) is 17.7. The fourth-order valence-electron chi connectivity index (χ4n) is 3.92. The molecule has 0 aliphatic rings. The summed E-state index contributed by atoms with van der Waals surface area (Å²) in [5.74, 6) is 1.83. The molecule has 0 saturated heterocycles. The highest BCUT2D eigenvalue weighted by molar-refractivity contribution is 7.85. The number of fused-ring (bicyclic) bond motifs is 2. The highest BCUT2D eigenvalue weighted by atomic mass is 32.2. The lowest BCUT2D eigenvalue weighted by atomic mass is 10.1. The molecular formula is C22H26N4O3S. The van der Waals surface area contributed by atoms with Gasteiger partial charge in [-0.1, -0.05) is 19.1 Å². The summed E-state index contributed by atoms with van der Waals surface area (Å²) in [6.45, 7) is 4.66. The molecule has 0 radical (unpaired) electrons. The minimum atomic E-state index is -3.48. The van der Waals surface area contributed by atoms with Crippen molar-refractivity contribution in [2.75, 3.05) is 12.9 Å². The molecule has 8 heteroatoms. The second-order valence-corrected chi connectivity index (χ2v) is 9.24. The molecule has 158 valence electrons. The Kier molecular flexibility index (Phi) is 5.38. The average Bonchev–Trinajstić information content (AvgIpc) is 3.20. The second-order valence-electron chi connectivity index (χ2n) is 7.60. The minimum Gasteiger partial charge on any atom is -0.327 e. The van der Waals surface area contributed by atoms with Crippen molar-refractivity contribution in [3.05, 3.63) is 47.8 Å². The second kappa shape index (κ2) is 7.85. The summed E-state index contributed by atoms with van der Waals surface area (Å²) in [6, 6.07) is 12.3. The van der Waals surface area contributed by atoms with Crippen LogP contribution in [0.25, 0.3) is 33.5 Å². The van der Waals surface area contributed by atoms with Crippen LogP contribution < -0.4 is 0 Å². The molecule has 2 aromatic carbocycles. The number of benzene rings is 2. The van der Waals surface area contributed by atoms with Crippen molar-refractivity contribution in [3.8, 4) is 11.4 Å². The number of hydrogen-bond acceptors (Lipinski definition) is 5. The number of aromatic nitrogens is 4. The highest BCUT2D eigenvalue weighted by Gasteiger charge is 2.17. The topological polar surface area (TPSA) is 79.0 Å². The van der Waals surface area contributed by atoms with Crippen molar-refractivity contribution in [3.63, 3.8) is 0 Å². The fourth-order valence-corrected chi connectivity index (χ4v) is 4.29. The maximum atomic E-state index is 11.4. The molecule has 7 nitrogen and oxygen atoms in total. The average molecular weight is 427 g/mol. The van der Waals surface area contributed by atoms with E-state index in [1.54, 1.807) is 0 Å². The van der Waals surface area contributed by atoms with E-state index in [-0.39, 0.29) is 6.61 Å². The Bertz CT molecular complexity index is 1340. The maximum absolute atomic E-state index is 11.4. The summed E-state index contributed by atoms with van der Waals surface area (Å²) in [5, 5.41) is 0. The molecule has 0 aliphatic heterocycles. The Morgan fingerprint density at radius 2 is 1.87 bits per heavy atom. The summed E-state index contributed by atoms with van der Waals surface area (Å²) >= 11 is 0. The molecule has 4 rings (SSSR count). The number of nitrogens with zero attached hydrogens (tertiary/aromatic N) is 4. The van der Waals surface area contributed by atoms with Crippen molar-refractivity contribution in [2.45, 2.75) is 33.2 Å². The van der Waals surface area contributed by atoms with E-state index in [1.807, 2.05) is 25.2 Å². The summed E-state index contributed by atoms with van der Waals surface area (Å²) in [7, 11) is -1.46. The summed E-state index contributed by atoms with van der Waals surface area (Å²) < 4.78 is 31.9. The number of imidazole rings is 2. The zero-order chi connectivity index (χ0) is 21.5. The lowest BCUT2D eigenvalue weighted by Crippen LogP contribution is -2.12. The van der Waals surface area contributed by atoms with Crippen molar-refractivity contribution < 1.29 is 12.6 Å². The molecule has 0 amide bonds. The molecule has 0 bridgehead atoms. The monoisotopic (exact) mass is 426 g/mol. The first-order valence-corrected chi connectivity index (χ1v) is 11.9. The Morgan fingerprint density at radius 1 is 1.10 bits per heavy atom. The van der Waals surface area contributed by atoms with Gasteiger partial charge in [0.25, 0.3) is 10.1 Å². The van der Waals surface area contributed by atoms with Gasteiger partial charge in [-0.05, 0) is 43.2 Å². The standard InChI is InChI=1S/C22H26N4O3S/c1-5-8-20-24-21-15(2)13-16(14-19(21)26(20)11-12-29-30(4,27)28)22-23-17-9-6-7-10-18(17)25(22)3/h6-7,9-10,13-14H,5,8,11-12H2,1-4H3. The molecule has 0 spiro atoms. The molecule has 30 heavy (non-hydrogen) atoms. The van der Waals surface area contributed by atoms with Gasteiger partial charge in [0.2, 0.25) is 0 Å². The largest absolute Gasteiger partial charge is 0.327 e. The number of hydrogen-bond donors (Lipinski definition) is 0. The molecule has 0 atom stereocenters. The van der Waals surface area contributed by atoms with Crippen molar-refractivity contribution in [2.24, 2.45) is 7.05 Å². The van der Waals surface area contributed by atoms with Gasteiger partial charge in [-0.3, -0.25) is 4.18 Å². The maximum Gasteiger partial charge on any atom is 0.264 e. The Morgan fingerprint density at radius 3 is 2.57 bits per heavy atom. The van der Waals surface area contributed by atoms with Crippen LogP contribution in [0.2, 0.25) is 0 Å². The van der Waals surface area contributed by atoms with Crippen LogP contribution in [0, 0.1) is 6.92 Å². The molecule has 0 saturated carbocycles. The SMILES string of the molecule is CCCc1nc2c(C)cc(-c3nc4ccccc4n3C)cc2n1CCOS(C)(=O)=O. The molecule has 4 aromatic rings. The molecule has 0 unspecified atom stereocenters. The van der Waals surface area contributed by atoms with Gasteiger partial charge in [-0.15, -0.1) is 0 Å². The van der Waals surface area contributed by atoms with Crippen LogP contribution in [-0.2, 0) is 34.3 Å². The van der Waals surface area contributed by atoms with Gasteiger partial charge in [0.05, 0.1) is 34.9 Å². The lowest BCUT2D eigenvalue weighted by Gasteiger charge is -2.10. The molecule has 0 aliphatic carbocycles. The van der Waals surface area contributed by atoms with E-state index in [1.165, 1.54) is 0 Å². The molecule has 0 N–H and O–H groups in total. The Hall–Kier alpha value is -2.71. The zero-order valence-corrected chi connectivity index (χ0v) is 18.5. The van der Waals surface area contributed by atoms with Gasteiger partial charge < -0.3 is 9.13 Å². The van der Waals surface area contributed by atoms with E-state index < -0.39 is 10.1 Å². The van der Waals surface area contributed by atoms with E-state index in [4.69, 9.17) is 14.2 Å². The quantitative estimate of drug-likeness (QED) is 0.420. The Balaban J connectivity index is 1.84. The van der Waals surface area contributed by atoms with Crippen LogP contribution in [0.4, 0.5) is 0 Å². The first-order chi connectivity index (χ1) is 14.3. The van der Waals surface area contributed by atoms with Crippen LogP contribution in [0.1, 0.15) is 24.7 Å². The molecular weight excluding hydrogens is 400 g/mol. The normalized spacial score (nSPS) is 12.3. The van der Waals surface area contributed by atoms with Gasteiger partial charge in [-0.25, -0.2) is 9.97 Å². The van der Waals surface area contributed by atoms with Crippen LogP contribution in [0.3, 0.4) is 0 Å². The van der Waals surface area contributed by atoms with Crippen LogP contribution in [-0.4, -0.2) is 40.4 Å². The molecule has 2 aromatic heterocycles. The number of aryl methyl sites for hydroxylation is 3. The Labute approximate surface area is 176 Å². The van der Waals surface area contributed by atoms with E-state index in [0.717, 1.165) is 63.9 Å². The van der Waals surface area contributed by atoms with E-state index in [9.17, 15) is 8.42 Å². The minimum absolute atomic E-state index is 0.0799. The van der Waals surface area contributed by atoms with Gasteiger partial charge in [0, 0.05) is 25.6 Å². The van der Waals surface area contributed by atoms with Gasteiger partial charge >= 0.3 is 0 Å². The van der Waals surface area contributed by atoms with Gasteiger partial charge in [0.15, 0.2) is 0 Å². The molecule has 2 heterocycles. The van der Waals surface area contributed by atoms with E-state index in [0.29, 0.717) is 6.54 Å². The predicted molar refractivity (Wildman–Crippen MR) is 119 cm³/mol. The van der Waals surface area contributed by atoms with Crippen LogP contribution >= 0.6 is 0 Å². The first kappa shape index (κ1) is 20.6. The molecule has 0 fully saturated rings. The third-order valence-electron chi connectivity index (χ3n) is 5.25. The van der Waals surface area contributed by atoms with Crippen LogP contribution in [0.5, 0.6) is 0 Å². The summed E-state index contributed by atoms with van der Waals surface area (Å²) in [5.41, 5.74) is 6.00. The summed E-state index contributed by atoms with van der Waals surface area (Å²) in [4.78, 5) is 9.67. The van der Waals surface area contributed by atoms with Crippen molar-refractivity contribution in [1.29, 1.82) is 0 Å². The van der Waals surface area contributed by atoms with Gasteiger partial charge in [-0.2, -0.15) is 8.42 Å². The summed E-state index contributed by atoms with van der Waals surface area (Å²) in [6.07, 6.45) is 2.83.